The number of nitrogens with zero attached hydrogens (tertiary/aromatic N) is 2. The number of halogens is 1. The van der Waals surface area contributed by atoms with Gasteiger partial charge in [-0.25, -0.2) is 0 Å². The molecule has 2 fully saturated rings. The maximum atomic E-state index is 16.1. The molecule has 0 aliphatic carbocycles. The van der Waals surface area contributed by atoms with Gasteiger partial charge >= 0.3 is 0 Å². The fraction of sp³-hybridized carbons (Fsp3) is 0.400. The van der Waals surface area contributed by atoms with E-state index < -0.39 is 31.6 Å². The fourth-order valence-electron chi connectivity index (χ4n) is 7.72. The summed E-state index contributed by atoms with van der Waals surface area (Å²) in [5.41, 5.74) is 7.61. The normalized spacial score (nSPS) is 25.7. The van der Waals surface area contributed by atoms with E-state index in [2.05, 4.69) is 5.32 Å². The maximum Gasteiger partial charge on any atom is 0.264 e. The van der Waals surface area contributed by atoms with Gasteiger partial charge in [-0.05, 0) is 74.0 Å². The van der Waals surface area contributed by atoms with Gasteiger partial charge in [0.25, 0.3) is 11.8 Å². The van der Waals surface area contributed by atoms with Crippen LogP contribution in [-0.2, 0) is 26.5 Å². The molecule has 0 aromatic heterocycles. The number of benzene rings is 3. The molecule has 6 rings (SSSR count). The zero-order valence-corrected chi connectivity index (χ0v) is 27.4. The van der Waals surface area contributed by atoms with Gasteiger partial charge in [0.1, 0.15) is 0 Å². The Bertz CT molecular complexity index is 1630. The van der Waals surface area contributed by atoms with Gasteiger partial charge in [0.2, 0.25) is 14.3 Å². The van der Waals surface area contributed by atoms with Crippen molar-refractivity contribution in [2.75, 3.05) is 29.1 Å². The molecule has 3 heterocycles. The largest absolute Gasteiger partial charge is 0.399 e. The molecule has 0 unspecified atom stereocenters. The van der Waals surface area contributed by atoms with Crippen molar-refractivity contribution in [3.8, 4) is 0 Å². The van der Waals surface area contributed by atoms with Crippen LogP contribution in [0.25, 0.3) is 0 Å². The molecule has 5 atom stereocenters. The number of rotatable bonds is 8. The van der Waals surface area contributed by atoms with Gasteiger partial charge in [0.15, 0.2) is 5.60 Å². The molecule has 0 bridgehead atoms. The Labute approximate surface area is 269 Å². The Morgan fingerprint density at radius 3 is 2.46 bits per heavy atom. The minimum atomic E-state index is -3.43. The van der Waals surface area contributed by atoms with Crippen LogP contribution in [0.2, 0.25) is 18.6 Å². The van der Waals surface area contributed by atoms with E-state index >= 15 is 4.11 Å². The van der Waals surface area contributed by atoms with Crippen molar-refractivity contribution in [2.24, 2.45) is 5.92 Å². The van der Waals surface area contributed by atoms with Crippen LogP contribution in [0.15, 0.2) is 72.8 Å². The number of hydrogen-bond acceptors (Lipinski definition) is 6. The van der Waals surface area contributed by atoms with Crippen molar-refractivity contribution >= 4 is 43.2 Å². The van der Waals surface area contributed by atoms with E-state index in [1.54, 1.807) is 59.3 Å². The molecule has 3 aliphatic heterocycles. The van der Waals surface area contributed by atoms with Crippen molar-refractivity contribution < 1.29 is 28.3 Å². The molecule has 3 aromatic rings. The summed E-state index contributed by atoms with van der Waals surface area (Å²) in [6.45, 7) is 5.82. The topological polar surface area (TPSA) is 125 Å². The minimum Gasteiger partial charge on any atom is -0.399 e. The number of aliphatic hydroxyl groups excluding tert-OH is 1. The van der Waals surface area contributed by atoms with Crippen LogP contribution in [0, 0.1) is 5.92 Å². The first-order valence-corrected chi connectivity index (χ1v) is 18.8. The lowest BCUT2D eigenvalue weighted by atomic mass is 9.82. The summed E-state index contributed by atoms with van der Waals surface area (Å²) in [5.74, 6) is -1.21. The second-order valence-electron chi connectivity index (χ2n) is 13.2. The molecule has 3 amide bonds. The zero-order valence-electron chi connectivity index (χ0n) is 26.4. The molecule has 0 saturated carbocycles. The number of anilines is 3. The van der Waals surface area contributed by atoms with Gasteiger partial charge in [-0.3, -0.25) is 14.4 Å². The SMILES string of the molecule is C[C@H]1[C@H]([Si](C)(C)F)[C@@H](CC(=O)N2CCC[C@H]2CO)O[C@]12C(=O)N(Cc1ccc(NC(=O)c3ccc(N)cc3)cc1)c1ccccc12. The predicted molar refractivity (Wildman–Crippen MR) is 177 cm³/mol. The number of ether oxygens (including phenoxy) is 1. The molecule has 2 saturated heterocycles. The molecule has 3 aliphatic rings. The van der Waals surface area contributed by atoms with E-state index in [0.29, 0.717) is 34.7 Å². The second-order valence-corrected chi connectivity index (χ2v) is 17.0. The number of carbonyl (C=O) groups excluding carboxylic acids is 3. The van der Waals surface area contributed by atoms with Crippen molar-refractivity contribution in [1.29, 1.82) is 0 Å². The highest BCUT2D eigenvalue weighted by Crippen LogP contribution is 2.60. The van der Waals surface area contributed by atoms with Crippen LogP contribution >= 0.6 is 0 Å². The van der Waals surface area contributed by atoms with Gasteiger partial charge in [0.05, 0.1) is 37.4 Å². The average molecular weight is 645 g/mol. The van der Waals surface area contributed by atoms with Crippen molar-refractivity contribution in [2.45, 2.75) is 69.1 Å². The molecule has 1 spiro atoms. The van der Waals surface area contributed by atoms with Crippen LogP contribution in [0.5, 0.6) is 0 Å². The van der Waals surface area contributed by atoms with Crippen LogP contribution in [0.1, 0.15) is 47.7 Å². The third-order valence-corrected chi connectivity index (χ3v) is 12.3. The number of likely N-dealkylation sites (tertiary alicyclic amines) is 1. The summed E-state index contributed by atoms with van der Waals surface area (Å²) in [6, 6.07) is 21.2. The quantitative estimate of drug-likeness (QED) is 0.176. The Kier molecular flexibility index (Phi) is 8.51. The smallest absolute Gasteiger partial charge is 0.264 e. The lowest BCUT2D eigenvalue weighted by Crippen LogP contribution is -2.45. The molecule has 3 aromatic carbocycles. The lowest BCUT2D eigenvalue weighted by Gasteiger charge is -2.31. The van der Waals surface area contributed by atoms with E-state index in [1.165, 1.54) is 0 Å². The highest BCUT2D eigenvalue weighted by molar-refractivity contribution is 6.72. The van der Waals surface area contributed by atoms with E-state index in [0.717, 1.165) is 18.4 Å². The lowest BCUT2D eigenvalue weighted by molar-refractivity contribution is -0.150. The van der Waals surface area contributed by atoms with E-state index in [1.807, 2.05) is 43.3 Å². The molecular formula is C35H41FN4O5Si. The highest BCUT2D eigenvalue weighted by Gasteiger charge is 2.67. The Hall–Kier alpha value is -4.06. The zero-order chi connectivity index (χ0) is 32.8. The number of aliphatic hydroxyl groups is 1. The Balaban J connectivity index is 1.25. The number of para-hydroxylation sites is 1. The second kappa shape index (κ2) is 12.3. The van der Waals surface area contributed by atoms with Gasteiger partial charge in [0, 0.05) is 40.5 Å². The molecule has 0 radical (unpaired) electrons. The summed E-state index contributed by atoms with van der Waals surface area (Å²) < 4.78 is 22.9. The third-order valence-electron chi connectivity index (χ3n) is 9.88. The van der Waals surface area contributed by atoms with Gasteiger partial charge in [-0.1, -0.05) is 37.3 Å². The first kappa shape index (κ1) is 31.9. The molecule has 46 heavy (non-hydrogen) atoms. The Morgan fingerprint density at radius 2 is 1.78 bits per heavy atom. The highest BCUT2D eigenvalue weighted by atomic mass is 28.4. The molecule has 9 nitrogen and oxygen atoms in total. The first-order valence-electron chi connectivity index (χ1n) is 15.9. The summed E-state index contributed by atoms with van der Waals surface area (Å²) >= 11 is 0. The fourth-order valence-corrected chi connectivity index (χ4v) is 10.2. The van der Waals surface area contributed by atoms with Crippen molar-refractivity contribution in [1.82, 2.24) is 4.90 Å². The number of nitrogen functional groups attached to an aromatic ring is 1. The maximum absolute atomic E-state index is 16.1. The summed E-state index contributed by atoms with van der Waals surface area (Å²) in [6.07, 6.45) is 0.742. The summed E-state index contributed by atoms with van der Waals surface area (Å²) in [5, 5.41) is 12.7. The number of hydrogen-bond donors (Lipinski definition) is 3. The number of carbonyl (C=O) groups is 3. The van der Waals surface area contributed by atoms with Crippen molar-refractivity contribution in [3.63, 3.8) is 0 Å². The van der Waals surface area contributed by atoms with Gasteiger partial charge in [-0.2, -0.15) is 0 Å². The van der Waals surface area contributed by atoms with Crippen molar-refractivity contribution in [3.05, 3.63) is 89.5 Å². The van der Waals surface area contributed by atoms with Crippen LogP contribution in [0.4, 0.5) is 21.2 Å². The molecule has 242 valence electrons. The Morgan fingerprint density at radius 1 is 1.09 bits per heavy atom. The number of fused-ring (bicyclic) bond motifs is 2. The number of nitrogens with two attached hydrogens (primary N) is 1. The minimum absolute atomic E-state index is 0.0351. The van der Waals surface area contributed by atoms with Gasteiger partial charge in [-0.15, -0.1) is 0 Å². The molecular weight excluding hydrogens is 603 g/mol. The summed E-state index contributed by atoms with van der Waals surface area (Å²) in [4.78, 5) is 44.1. The number of amides is 3. The van der Waals surface area contributed by atoms with Crippen LogP contribution in [-0.4, -0.2) is 61.4 Å². The average Bonchev–Trinajstić information content (AvgIpc) is 3.69. The first-order chi connectivity index (χ1) is 21.9. The molecule has 4 N–H and O–H groups in total. The van der Waals surface area contributed by atoms with E-state index in [9.17, 15) is 19.5 Å². The van der Waals surface area contributed by atoms with E-state index in [-0.39, 0.29) is 43.3 Å². The number of nitrogens with one attached hydrogen (secondary N) is 1. The van der Waals surface area contributed by atoms with Crippen LogP contribution in [0.3, 0.4) is 0 Å². The summed E-state index contributed by atoms with van der Waals surface area (Å²) in [7, 11) is -3.43. The standard InChI is InChI=1S/C35H41FN4O5Si/c1-22-32(46(2,3)36)30(19-31(42)39-18-6-7-27(39)21-41)45-35(22)28-8-4-5-9-29(28)40(34(35)44)20-23-10-16-26(17-11-23)38-33(43)24-12-14-25(37)15-13-24/h4-5,8-17,22,27,30,32,41H,6-7,18-21,37H2,1-3H3,(H,38,43)/t22-,27-,30+,32-,35+/m0/s1. The monoisotopic (exact) mass is 644 g/mol. The molecule has 11 heteroatoms. The van der Waals surface area contributed by atoms with E-state index in [4.69, 9.17) is 10.5 Å². The van der Waals surface area contributed by atoms with Crippen LogP contribution < -0.4 is 16.0 Å². The third kappa shape index (κ3) is 5.60. The predicted octanol–water partition coefficient (Wildman–Crippen LogP) is 5.22. The van der Waals surface area contributed by atoms with Gasteiger partial charge < -0.3 is 34.8 Å².